The van der Waals surface area contributed by atoms with Gasteiger partial charge < -0.3 is 15.5 Å². The summed E-state index contributed by atoms with van der Waals surface area (Å²) in [6.07, 6.45) is 2.86. The fraction of sp³-hybridized carbons (Fsp3) is 0.458. The van der Waals surface area contributed by atoms with Gasteiger partial charge in [0.15, 0.2) is 10.8 Å². The molecular weight excluding hydrogens is 452 g/mol. The van der Waals surface area contributed by atoms with Crippen molar-refractivity contribution in [3.8, 4) is 0 Å². The quantitative estimate of drug-likeness (QED) is 0.535. The summed E-state index contributed by atoms with van der Waals surface area (Å²) in [5, 5.41) is 6.55. The van der Waals surface area contributed by atoms with E-state index in [1.54, 1.807) is 0 Å². The average Bonchev–Trinajstić information content (AvgIpc) is 3.25. The molecule has 0 radical (unpaired) electrons. The number of rotatable bonds is 7. The van der Waals surface area contributed by atoms with E-state index in [-0.39, 0.29) is 35.9 Å². The molecule has 1 fully saturated rings. The first kappa shape index (κ1) is 23.9. The Labute approximate surface area is 202 Å². The van der Waals surface area contributed by atoms with Gasteiger partial charge in [0.2, 0.25) is 11.8 Å². The van der Waals surface area contributed by atoms with Gasteiger partial charge in [0, 0.05) is 31.6 Å². The van der Waals surface area contributed by atoms with Gasteiger partial charge in [-0.05, 0) is 39.2 Å². The van der Waals surface area contributed by atoms with E-state index in [1.807, 2.05) is 45.0 Å². The number of nitrogens with one attached hydrogen (secondary N) is 2. The van der Waals surface area contributed by atoms with Crippen LogP contribution in [0.15, 0.2) is 35.4 Å². The molecule has 34 heavy (non-hydrogen) atoms. The molecule has 1 aliphatic heterocycles. The standard InChI is InChI=1S/C24H30N6O3S/c1-15(2)27-22(32)18-8-10-29(11-9-18)24-28-21-20(34-24)23(33)30(14-26-21)13-19(31)25-12-17-6-4-16(3)5-7-17/h4-7,14-15,18H,8-13H2,1-3H3,(H,25,31)(H,27,32). The van der Waals surface area contributed by atoms with Gasteiger partial charge in [0.05, 0.1) is 0 Å². The average molecular weight is 483 g/mol. The van der Waals surface area contributed by atoms with E-state index in [0.29, 0.717) is 30.0 Å². The second-order valence-electron chi connectivity index (χ2n) is 9.01. The van der Waals surface area contributed by atoms with Crippen molar-refractivity contribution in [2.45, 2.75) is 52.7 Å². The molecule has 9 nitrogen and oxygen atoms in total. The predicted octanol–water partition coefficient (Wildman–Crippen LogP) is 2.22. The second-order valence-corrected chi connectivity index (χ2v) is 9.99. The molecule has 0 bridgehead atoms. The van der Waals surface area contributed by atoms with Gasteiger partial charge >= 0.3 is 0 Å². The summed E-state index contributed by atoms with van der Waals surface area (Å²) in [6, 6.07) is 8.05. The molecule has 3 aromatic rings. The highest BCUT2D eigenvalue weighted by atomic mass is 32.1. The molecule has 0 aliphatic carbocycles. The van der Waals surface area contributed by atoms with E-state index in [4.69, 9.17) is 0 Å². The molecule has 2 aromatic heterocycles. The molecule has 0 saturated carbocycles. The number of piperidine rings is 1. The molecule has 1 saturated heterocycles. The van der Waals surface area contributed by atoms with Gasteiger partial charge in [-0.25, -0.2) is 4.98 Å². The van der Waals surface area contributed by atoms with Crippen molar-refractivity contribution in [3.05, 3.63) is 52.1 Å². The summed E-state index contributed by atoms with van der Waals surface area (Å²) >= 11 is 1.29. The van der Waals surface area contributed by atoms with Crippen LogP contribution in [0.4, 0.5) is 5.13 Å². The van der Waals surface area contributed by atoms with Crippen molar-refractivity contribution in [3.63, 3.8) is 0 Å². The number of benzene rings is 1. The second kappa shape index (κ2) is 10.3. The van der Waals surface area contributed by atoms with Gasteiger partial charge in [0.1, 0.15) is 17.6 Å². The Kier molecular flexibility index (Phi) is 7.26. The molecule has 1 aromatic carbocycles. The van der Waals surface area contributed by atoms with Crippen LogP contribution < -0.4 is 21.1 Å². The molecule has 10 heteroatoms. The SMILES string of the molecule is Cc1ccc(CNC(=O)Cn2cnc3nc(N4CCC(C(=O)NC(C)C)CC4)sc3c2=O)cc1. The van der Waals surface area contributed by atoms with Crippen molar-refractivity contribution in [2.75, 3.05) is 18.0 Å². The third-order valence-electron chi connectivity index (χ3n) is 5.86. The van der Waals surface area contributed by atoms with Crippen LogP contribution in [-0.4, -0.2) is 45.5 Å². The Morgan fingerprint density at radius 3 is 2.56 bits per heavy atom. The van der Waals surface area contributed by atoms with Crippen molar-refractivity contribution in [1.82, 2.24) is 25.2 Å². The zero-order valence-corrected chi connectivity index (χ0v) is 20.5. The van der Waals surface area contributed by atoms with Crippen molar-refractivity contribution in [2.24, 2.45) is 5.92 Å². The minimum Gasteiger partial charge on any atom is -0.354 e. The van der Waals surface area contributed by atoms with E-state index in [2.05, 4.69) is 25.5 Å². The van der Waals surface area contributed by atoms with Crippen molar-refractivity contribution >= 4 is 38.6 Å². The Balaban J connectivity index is 1.38. The van der Waals surface area contributed by atoms with Crippen molar-refractivity contribution < 1.29 is 9.59 Å². The Hall–Kier alpha value is -3.27. The Morgan fingerprint density at radius 2 is 1.88 bits per heavy atom. The number of thiazole rings is 1. The zero-order valence-electron chi connectivity index (χ0n) is 19.7. The van der Waals surface area contributed by atoms with Gasteiger partial charge in [-0.1, -0.05) is 41.2 Å². The van der Waals surface area contributed by atoms with Crippen LogP contribution in [0.5, 0.6) is 0 Å². The van der Waals surface area contributed by atoms with E-state index in [1.165, 1.54) is 22.2 Å². The van der Waals surface area contributed by atoms with E-state index >= 15 is 0 Å². The summed E-state index contributed by atoms with van der Waals surface area (Å²) in [4.78, 5) is 48.6. The minimum absolute atomic E-state index is 0.00167. The van der Waals surface area contributed by atoms with Gasteiger partial charge in [-0.2, -0.15) is 4.98 Å². The van der Waals surface area contributed by atoms with Gasteiger partial charge in [0.25, 0.3) is 5.56 Å². The maximum Gasteiger partial charge on any atom is 0.273 e. The zero-order chi connectivity index (χ0) is 24.2. The first-order chi connectivity index (χ1) is 16.3. The lowest BCUT2D eigenvalue weighted by Gasteiger charge is -2.31. The molecule has 0 atom stereocenters. The molecule has 2 amide bonds. The highest BCUT2D eigenvalue weighted by Crippen LogP contribution is 2.29. The molecular formula is C24H30N6O3S. The molecule has 2 N–H and O–H groups in total. The molecule has 3 heterocycles. The number of hydrogen-bond acceptors (Lipinski definition) is 7. The van der Waals surface area contributed by atoms with Crippen LogP contribution in [0.2, 0.25) is 0 Å². The number of hydrogen-bond donors (Lipinski definition) is 2. The fourth-order valence-corrected chi connectivity index (χ4v) is 4.96. The maximum absolute atomic E-state index is 13.0. The van der Waals surface area contributed by atoms with Crippen LogP contribution in [0.3, 0.4) is 0 Å². The Morgan fingerprint density at radius 1 is 1.18 bits per heavy atom. The highest BCUT2D eigenvalue weighted by Gasteiger charge is 2.27. The lowest BCUT2D eigenvalue weighted by Crippen LogP contribution is -2.42. The summed E-state index contributed by atoms with van der Waals surface area (Å²) in [5.41, 5.74) is 2.27. The summed E-state index contributed by atoms with van der Waals surface area (Å²) in [7, 11) is 0. The number of anilines is 1. The number of carbonyl (C=O) groups is 2. The third kappa shape index (κ3) is 5.61. The number of aryl methyl sites for hydroxylation is 1. The van der Waals surface area contributed by atoms with Gasteiger partial charge in [-0.3, -0.25) is 19.0 Å². The van der Waals surface area contributed by atoms with Crippen LogP contribution in [0, 0.1) is 12.8 Å². The number of fused-ring (bicyclic) bond motifs is 1. The summed E-state index contributed by atoms with van der Waals surface area (Å²) < 4.78 is 1.75. The summed E-state index contributed by atoms with van der Waals surface area (Å²) in [6.45, 7) is 7.63. The normalized spacial score (nSPS) is 14.5. The van der Waals surface area contributed by atoms with E-state index in [9.17, 15) is 14.4 Å². The molecule has 180 valence electrons. The first-order valence-corrected chi connectivity index (χ1v) is 12.4. The highest BCUT2D eigenvalue weighted by molar-refractivity contribution is 7.22. The predicted molar refractivity (Wildman–Crippen MR) is 133 cm³/mol. The van der Waals surface area contributed by atoms with Crippen LogP contribution in [-0.2, 0) is 22.7 Å². The lowest BCUT2D eigenvalue weighted by molar-refractivity contribution is -0.126. The summed E-state index contributed by atoms with van der Waals surface area (Å²) in [5.74, 6) is -0.152. The number of aromatic nitrogens is 3. The van der Waals surface area contributed by atoms with Crippen LogP contribution in [0.1, 0.15) is 37.8 Å². The number of amides is 2. The minimum atomic E-state index is -0.273. The monoisotopic (exact) mass is 482 g/mol. The lowest BCUT2D eigenvalue weighted by atomic mass is 9.96. The van der Waals surface area contributed by atoms with Gasteiger partial charge in [-0.15, -0.1) is 0 Å². The van der Waals surface area contributed by atoms with Crippen LogP contribution >= 0.6 is 11.3 Å². The smallest absolute Gasteiger partial charge is 0.273 e. The number of carbonyl (C=O) groups excluding carboxylic acids is 2. The molecule has 4 rings (SSSR count). The Bertz CT molecular complexity index is 1230. The molecule has 1 aliphatic rings. The maximum atomic E-state index is 13.0. The first-order valence-electron chi connectivity index (χ1n) is 11.5. The topological polar surface area (TPSA) is 109 Å². The largest absolute Gasteiger partial charge is 0.354 e. The third-order valence-corrected chi connectivity index (χ3v) is 6.96. The van der Waals surface area contributed by atoms with E-state index in [0.717, 1.165) is 29.1 Å². The van der Waals surface area contributed by atoms with Crippen molar-refractivity contribution in [1.29, 1.82) is 0 Å². The fourth-order valence-electron chi connectivity index (χ4n) is 3.94. The molecule has 0 unspecified atom stereocenters. The number of nitrogens with zero attached hydrogens (tertiary/aromatic N) is 4. The van der Waals surface area contributed by atoms with Crippen LogP contribution in [0.25, 0.3) is 10.3 Å². The van der Waals surface area contributed by atoms with E-state index < -0.39 is 0 Å². The molecule has 0 spiro atoms.